The molecule has 0 aromatic heterocycles. The van der Waals surface area contributed by atoms with Crippen molar-refractivity contribution < 1.29 is 0 Å². The van der Waals surface area contributed by atoms with E-state index in [0.717, 1.165) is 12.2 Å². The smallest absolute Gasteiger partial charge is 0.0234 e. The van der Waals surface area contributed by atoms with Crippen molar-refractivity contribution in [1.29, 1.82) is 0 Å². The topological polar surface area (TPSA) is 0 Å². The molecule has 0 unspecified atom stereocenters. The lowest BCUT2D eigenvalue weighted by atomic mass is 10.0. The fraction of sp³-hybridized carbons (Fsp3) is 0.250. The molecule has 2 aromatic rings. The normalized spacial score (nSPS) is 12.6. The number of hydrogen-bond acceptors (Lipinski definition) is 1. The monoisotopic (exact) mass is 242 g/mol. The van der Waals surface area contributed by atoms with Crippen molar-refractivity contribution in [1.82, 2.24) is 0 Å². The van der Waals surface area contributed by atoms with E-state index in [1.165, 1.54) is 21.6 Å². The highest BCUT2D eigenvalue weighted by Crippen LogP contribution is 2.33. The molecule has 1 heteroatoms. The quantitative estimate of drug-likeness (QED) is 0.632. The molecule has 0 atom stereocenters. The van der Waals surface area contributed by atoms with Gasteiger partial charge in [0.15, 0.2) is 0 Å². The highest BCUT2D eigenvalue weighted by atomic mass is 32.2. The molecular weight excluding hydrogens is 224 g/mol. The van der Waals surface area contributed by atoms with E-state index in [1.54, 1.807) is 0 Å². The van der Waals surface area contributed by atoms with Crippen LogP contribution in [0.15, 0.2) is 53.4 Å². The Morgan fingerprint density at radius 2 is 1.35 bits per heavy atom. The van der Waals surface area contributed by atoms with Crippen molar-refractivity contribution in [2.75, 3.05) is 0 Å². The van der Waals surface area contributed by atoms with Crippen LogP contribution in [0.1, 0.15) is 30.5 Å². The van der Waals surface area contributed by atoms with E-state index in [9.17, 15) is 0 Å². The predicted molar refractivity (Wildman–Crippen MR) is 76.6 cm³/mol. The molecule has 0 nitrogen and oxygen atoms in total. The minimum atomic E-state index is 1.08. The van der Waals surface area contributed by atoms with Crippen molar-refractivity contribution >= 4 is 11.8 Å². The lowest BCUT2D eigenvalue weighted by molar-refractivity contribution is 1.12. The van der Waals surface area contributed by atoms with E-state index in [2.05, 4.69) is 48.5 Å². The van der Waals surface area contributed by atoms with Gasteiger partial charge in [-0.3, -0.25) is 0 Å². The molecule has 0 fully saturated rings. The van der Waals surface area contributed by atoms with Crippen LogP contribution in [0.5, 0.6) is 0 Å². The summed E-state index contributed by atoms with van der Waals surface area (Å²) in [5.41, 5.74) is 4.43. The number of hydrogen-bond donors (Lipinski definition) is 0. The van der Waals surface area contributed by atoms with Gasteiger partial charge in [0.05, 0.1) is 0 Å². The molecule has 1 aliphatic rings. The Bertz CT molecular complexity index is 443. The van der Waals surface area contributed by atoms with Crippen LogP contribution in [0.25, 0.3) is 0 Å². The Kier molecular flexibility index (Phi) is 4.27. The summed E-state index contributed by atoms with van der Waals surface area (Å²) in [5.74, 6) is 1.10. The van der Waals surface area contributed by atoms with Gasteiger partial charge in [-0.15, -0.1) is 11.8 Å². The van der Waals surface area contributed by atoms with Crippen LogP contribution < -0.4 is 0 Å². The first-order chi connectivity index (χ1) is 8.43. The summed E-state index contributed by atoms with van der Waals surface area (Å²) in [4.78, 5) is 1.44. The first-order valence-corrected chi connectivity index (χ1v) is 7.19. The molecule has 0 spiro atoms. The predicted octanol–water partition coefficient (Wildman–Crippen LogP) is 4.91. The largest absolute Gasteiger partial charge is 0.121 e. The van der Waals surface area contributed by atoms with Gasteiger partial charge in [-0.25, -0.2) is 0 Å². The Labute approximate surface area is 108 Å². The second kappa shape index (κ2) is 5.92. The van der Waals surface area contributed by atoms with Gasteiger partial charge in [-0.2, -0.15) is 0 Å². The lowest BCUT2D eigenvalue weighted by Gasteiger charge is -2.04. The van der Waals surface area contributed by atoms with Crippen LogP contribution in [-0.4, -0.2) is 0 Å². The summed E-state index contributed by atoms with van der Waals surface area (Å²) in [6.07, 6.45) is 1.08. The number of rotatable bonds is 0. The van der Waals surface area contributed by atoms with Crippen molar-refractivity contribution in [2.24, 2.45) is 0 Å². The van der Waals surface area contributed by atoms with Crippen LogP contribution in [0.4, 0.5) is 0 Å². The average molecular weight is 242 g/mol. The second-order valence-corrected chi connectivity index (χ2v) is 4.86. The van der Waals surface area contributed by atoms with Gasteiger partial charge < -0.3 is 0 Å². The summed E-state index contributed by atoms with van der Waals surface area (Å²) < 4.78 is 0. The molecule has 0 amide bonds. The highest BCUT2D eigenvalue weighted by Gasteiger charge is 2.11. The Morgan fingerprint density at radius 3 is 2.12 bits per heavy atom. The summed E-state index contributed by atoms with van der Waals surface area (Å²) in [6, 6.07) is 17.5. The van der Waals surface area contributed by atoms with Gasteiger partial charge in [0.2, 0.25) is 0 Å². The van der Waals surface area contributed by atoms with E-state index in [1.807, 2.05) is 25.6 Å². The van der Waals surface area contributed by atoms with Crippen molar-refractivity contribution in [3.8, 4) is 0 Å². The van der Waals surface area contributed by atoms with Gasteiger partial charge in [0.25, 0.3) is 0 Å². The molecule has 0 radical (unpaired) electrons. The zero-order valence-electron chi connectivity index (χ0n) is 10.4. The molecule has 0 saturated heterocycles. The zero-order valence-corrected chi connectivity index (χ0v) is 11.3. The molecule has 0 aliphatic carbocycles. The summed E-state index contributed by atoms with van der Waals surface area (Å²) >= 11 is 1.95. The highest BCUT2D eigenvalue weighted by molar-refractivity contribution is 7.98. The van der Waals surface area contributed by atoms with E-state index < -0.39 is 0 Å². The third kappa shape index (κ3) is 2.73. The van der Waals surface area contributed by atoms with Crippen molar-refractivity contribution in [3.05, 3.63) is 65.2 Å². The maximum absolute atomic E-state index is 2.25. The molecular formula is C16H18S. The average Bonchev–Trinajstić information content (AvgIpc) is 2.60. The van der Waals surface area contributed by atoms with Crippen molar-refractivity contribution in [3.63, 3.8) is 0 Å². The molecule has 0 N–H and O–H groups in total. The second-order valence-electron chi connectivity index (χ2n) is 3.84. The molecule has 1 heterocycles. The summed E-state index contributed by atoms with van der Waals surface area (Å²) in [5, 5.41) is 0. The molecule has 88 valence electrons. The Balaban J connectivity index is 0.000000514. The van der Waals surface area contributed by atoms with Gasteiger partial charge in [-0.05, 0) is 29.2 Å². The minimum Gasteiger partial charge on any atom is -0.121 e. The Morgan fingerprint density at radius 1 is 0.765 bits per heavy atom. The fourth-order valence-corrected chi connectivity index (χ4v) is 3.12. The van der Waals surface area contributed by atoms with Crippen LogP contribution >= 0.6 is 11.8 Å². The number of benzene rings is 2. The first-order valence-electron chi connectivity index (χ1n) is 6.21. The van der Waals surface area contributed by atoms with Gasteiger partial charge in [0.1, 0.15) is 0 Å². The summed E-state index contributed by atoms with van der Waals surface area (Å²) in [6.45, 7) is 4.00. The Hall–Kier alpha value is -1.21. The minimum absolute atomic E-state index is 1.08. The van der Waals surface area contributed by atoms with E-state index >= 15 is 0 Å². The van der Waals surface area contributed by atoms with E-state index in [0.29, 0.717) is 0 Å². The van der Waals surface area contributed by atoms with E-state index in [-0.39, 0.29) is 0 Å². The zero-order chi connectivity index (χ0) is 12.1. The van der Waals surface area contributed by atoms with Crippen LogP contribution in [-0.2, 0) is 12.2 Å². The van der Waals surface area contributed by atoms with Crippen LogP contribution in [0.3, 0.4) is 0 Å². The standard InChI is InChI=1S/C14H12S.C2H6/c1-2-7-13-10-15-14-8-4-3-6-12(14)9-11(13)5-1;1-2/h1-8H,9-10H2;1-2H3. The molecule has 0 saturated carbocycles. The van der Waals surface area contributed by atoms with Gasteiger partial charge in [-0.1, -0.05) is 56.3 Å². The number of thioether (sulfide) groups is 1. The maximum Gasteiger partial charge on any atom is 0.0234 e. The number of fused-ring (bicyclic) bond motifs is 2. The fourth-order valence-electron chi connectivity index (χ4n) is 2.02. The van der Waals surface area contributed by atoms with Gasteiger partial charge in [0, 0.05) is 10.6 Å². The first kappa shape index (κ1) is 12.3. The summed E-state index contributed by atoms with van der Waals surface area (Å²) in [7, 11) is 0. The maximum atomic E-state index is 2.25. The molecule has 3 rings (SSSR count). The van der Waals surface area contributed by atoms with E-state index in [4.69, 9.17) is 0 Å². The van der Waals surface area contributed by atoms with Gasteiger partial charge >= 0.3 is 0 Å². The third-order valence-corrected chi connectivity index (χ3v) is 4.02. The lowest BCUT2D eigenvalue weighted by Crippen LogP contribution is -1.90. The molecule has 2 aromatic carbocycles. The third-order valence-electron chi connectivity index (χ3n) is 2.86. The molecule has 1 aliphatic heterocycles. The molecule has 0 bridgehead atoms. The van der Waals surface area contributed by atoms with Crippen LogP contribution in [0, 0.1) is 0 Å². The SMILES string of the molecule is CC.c1ccc2c(c1)CSc1ccccc1C2. The van der Waals surface area contributed by atoms with Crippen LogP contribution in [0.2, 0.25) is 0 Å². The molecule has 17 heavy (non-hydrogen) atoms. The van der Waals surface area contributed by atoms with Crippen molar-refractivity contribution in [2.45, 2.75) is 30.9 Å².